The number of hydrogen-bond donors (Lipinski definition) is 2. The molecule has 0 aromatic heterocycles. The van der Waals surface area contributed by atoms with Crippen LogP contribution >= 0.6 is 12.0 Å². The van der Waals surface area contributed by atoms with Gasteiger partial charge in [0.1, 0.15) is 5.75 Å². The monoisotopic (exact) mass is 170 g/mol. The standard InChI is InChI=1S/C7H6O3S/c8-6-4-2-1-3-5(6)7(9)10-11-7/h1-4,8-9H. The van der Waals surface area contributed by atoms with Crippen LogP contribution in [0.2, 0.25) is 0 Å². The molecule has 1 aliphatic heterocycles. The van der Waals surface area contributed by atoms with Crippen LogP contribution in [0.5, 0.6) is 5.75 Å². The second kappa shape index (κ2) is 2.14. The minimum Gasteiger partial charge on any atom is -0.507 e. The third-order valence-corrected chi connectivity index (χ3v) is 2.19. The molecule has 2 N–H and O–H groups in total. The normalized spacial score (nSPS) is 28.5. The van der Waals surface area contributed by atoms with Crippen molar-refractivity contribution in [3.8, 4) is 5.75 Å². The molecule has 11 heavy (non-hydrogen) atoms. The fourth-order valence-corrected chi connectivity index (χ4v) is 1.30. The molecule has 58 valence electrons. The van der Waals surface area contributed by atoms with E-state index in [1.54, 1.807) is 18.2 Å². The summed E-state index contributed by atoms with van der Waals surface area (Å²) < 4.78 is 4.68. The highest BCUT2D eigenvalue weighted by molar-refractivity contribution is 8.00. The maximum Gasteiger partial charge on any atom is 0.283 e. The van der Waals surface area contributed by atoms with E-state index >= 15 is 0 Å². The molecule has 1 heterocycles. The van der Waals surface area contributed by atoms with E-state index < -0.39 is 5.12 Å². The number of phenolic OH excluding ortho intramolecular Hbond substituents is 1. The molecule has 0 amide bonds. The van der Waals surface area contributed by atoms with E-state index in [2.05, 4.69) is 4.18 Å². The molecule has 0 radical (unpaired) electrons. The molecule has 3 nitrogen and oxygen atoms in total. The zero-order valence-corrected chi connectivity index (χ0v) is 6.34. The fraction of sp³-hybridized carbons (Fsp3) is 0.143. The number of para-hydroxylation sites is 1. The summed E-state index contributed by atoms with van der Waals surface area (Å²) in [6, 6.07) is 6.55. The van der Waals surface area contributed by atoms with Crippen molar-refractivity contribution < 1.29 is 14.4 Å². The Bertz CT molecular complexity index is 283. The molecule has 1 aromatic rings. The Morgan fingerprint density at radius 2 is 2.00 bits per heavy atom. The summed E-state index contributed by atoms with van der Waals surface area (Å²) in [6.07, 6.45) is 0. The number of hydrogen-bond acceptors (Lipinski definition) is 4. The summed E-state index contributed by atoms with van der Waals surface area (Å²) in [5.74, 6) is 0.0556. The van der Waals surface area contributed by atoms with Gasteiger partial charge in [0.05, 0.1) is 17.6 Å². The second-order valence-electron chi connectivity index (χ2n) is 2.27. The first-order chi connectivity index (χ1) is 5.22. The second-order valence-corrected chi connectivity index (χ2v) is 3.15. The molecule has 0 bridgehead atoms. The van der Waals surface area contributed by atoms with Crippen LogP contribution in [0.1, 0.15) is 5.56 Å². The molecule has 1 aromatic carbocycles. The van der Waals surface area contributed by atoms with Crippen molar-refractivity contribution in [2.45, 2.75) is 5.12 Å². The molecule has 0 spiro atoms. The van der Waals surface area contributed by atoms with Crippen molar-refractivity contribution in [3.63, 3.8) is 0 Å². The largest absolute Gasteiger partial charge is 0.507 e. The Balaban J connectivity index is 2.45. The minimum absolute atomic E-state index is 0.0556. The van der Waals surface area contributed by atoms with Gasteiger partial charge in [0, 0.05) is 0 Å². The van der Waals surface area contributed by atoms with Gasteiger partial charge in [-0.1, -0.05) is 12.1 Å². The van der Waals surface area contributed by atoms with Crippen LogP contribution in [0, 0.1) is 0 Å². The lowest BCUT2D eigenvalue weighted by atomic mass is 10.2. The molecular weight excluding hydrogens is 164 g/mol. The quantitative estimate of drug-likeness (QED) is 0.490. The van der Waals surface area contributed by atoms with Crippen molar-refractivity contribution in [3.05, 3.63) is 29.8 Å². The van der Waals surface area contributed by atoms with Crippen molar-refractivity contribution in [2.24, 2.45) is 0 Å². The SMILES string of the molecule is Oc1ccccc1C1(O)OS1. The van der Waals surface area contributed by atoms with Crippen LogP contribution < -0.4 is 0 Å². The molecule has 1 aliphatic rings. The van der Waals surface area contributed by atoms with Crippen molar-refractivity contribution >= 4 is 12.0 Å². The van der Waals surface area contributed by atoms with Gasteiger partial charge in [-0.2, -0.15) is 0 Å². The first kappa shape index (κ1) is 6.97. The van der Waals surface area contributed by atoms with E-state index in [9.17, 15) is 10.2 Å². The molecule has 0 aliphatic carbocycles. The molecule has 1 fully saturated rings. The number of benzene rings is 1. The zero-order valence-electron chi connectivity index (χ0n) is 5.52. The molecule has 2 rings (SSSR count). The summed E-state index contributed by atoms with van der Waals surface area (Å²) in [6.45, 7) is 0. The van der Waals surface area contributed by atoms with Gasteiger partial charge >= 0.3 is 0 Å². The maximum atomic E-state index is 9.36. The van der Waals surface area contributed by atoms with Crippen molar-refractivity contribution in [2.75, 3.05) is 0 Å². The van der Waals surface area contributed by atoms with Gasteiger partial charge in [0.25, 0.3) is 5.12 Å². The van der Waals surface area contributed by atoms with Crippen LogP contribution in [-0.4, -0.2) is 10.2 Å². The van der Waals surface area contributed by atoms with Crippen LogP contribution in [-0.2, 0) is 9.30 Å². The number of rotatable bonds is 1. The van der Waals surface area contributed by atoms with E-state index in [0.29, 0.717) is 5.56 Å². The lowest BCUT2D eigenvalue weighted by molar-refractivity contribution is 0.0317. The summed E-state index contributed by atoms with van der Waals surface area (Å²) in [7, 11) is 0. The molecule has 1 unspecified atom stereocenters. The third kappa shape index (κ3) is 1.09. The first-order valence-corrected chi connectivity index (χ1v) is 3.84. The van der Waals surface area contributed by atoms with Crippen LogP contribution in [0.4, 0.5) is 0 Å². The predicted octanol–water partition coefficient (Wildman–Crippen LogP) is 1.17. The van der Waals surface area contributed by atoms with Crippen molar-refractivity contribution in [1.29, 1.82) is 0 Å². The lowest BCUT2D eigenvalue weighted by Gasteiger charge is -2.03. The average Bonchev–Trinajstić information content (AvgIpc) is 2.70. The molecule has 4 heteroatoms. The van der Waals surface area contributed by atoms with E-state index in [0.717, 1.165) is 12.0 Å². The summed E-state index contributed by atoms with van der Waals surface area (Å²) in [5, 5.41) is 17.3. The Morgan fingerprint density at radius 3 is 2.55 bits per heavy atom. The number of aromatic hydroxyl groups is 1. The lowest BCUT2D eigenvalue weighted by Crippen LogP contribution is -2.03. The van der Waals surface area contributed by atoms with Crippen LogP contribution in [0.25, 0.3) is 0 Å². The number of phenols is 1. The Labute approximate surface area is 67.8 Å². The first-order valence-electron chi connectivity index (χ1n) is 3.10. The Hall–Kier alpha value is -0.710. The Kier molecular flexibility index (Phi) is 1.35. The fourth-order valence-electron chi connectivity index (χ4n) is 0.870. The van der Waals surface area contributed by atoms with Gasteiger partial charge < -0.3 is 10.2 Å². The van der Waals surface area contributed by atoms with E-state index in [-0.39, 0.29) is 5.75 Å². The number of aliphatic hydroxyl groups is 1. The minimum atomic E-state index is -1.30. The summed E-state index contributed by atoms with van der Waals surface area (Å²) in [5.41, 5.74) is 0.407. The predicted molar refractivity (Wildman–Crippen MR) is 40.7 cm³/mol. The van der Waals surface area contributed by atoms with Gasteiger partial charge in [0.2, 0.25) is 0 Å². The van der Waals surface area contributed by atoms with Crippen LogP contribution in [0.3, 0.4) is 0 Å². The molecule has 1 saturated heterocycles. The Morgan fingerprint density at radius 1 is 1.36 bits per heavy atom. The third-order valence-electron chi connectivity index (χ3n) is 1.49. The molecular formula is C7H6O3S. The summed E-state index contributed by atoms with van der Waals surface area (Å²) in [4.78, 5) is 0. The van der Waals surface area contributed by atoms with Crippen molar-refractivity contribution in [1.82, 2.24) is 0 Å². The summed E-state index contributed by atoms with van der Waals surface area (Å²) >= 11 is 0.933. The van der Waals surface area contributed by atoms with E-state index in [1.807, 2.05) is 0 Å². The maximum absolute atomic E-state index is 9.36. The van der Waals surface area contributed by atoms with Gasteiger partial charge in [-0.3, -0.25) is 4.18 Å². The molecule has 1 atom stereocenters. The van der Waals surface area contributed by atoms with Crippen LogP contribution in [0.15, 0.2) is 24.3 Å². The van der Waals surface area contributed by atoms with Gasteiger partial charge in [-0.25, -0.2) is 0 Å². The highest BCUT2D eigenvalue weighted by Gasteiger charge is 2.49. The highest BCUT2D eigenvalue weighted by atomic mass is 32.2. The molecule has 0 saturated carbocycles. The van der Waals surface area contributed by atoms with Gasteiger partial charge in [-0.05, 0) is 12.1 Å². The smallest absolute Gasteiger partial charge is 0.283 e. The van der Waals surface area contributed by atoms with E-state index in [4.69, 9.17) is 0 Å². The zero-order chi connectivity index (χ0) is 7.90. The average molecular weight is 170 g/mol. The van der Waals surface area contributed by atoms with Gasteiger partial charge in [-0.15, -0.1) is 0 Å². The van der Waals surface area contributed by atoms with E-state index in [1.165, 1.54) is 6.07 Å². The highest BCUT2D eigenvalue weighted by Crippen LogP contribution is 2.55. The topological polar surface area (TPSA) is 53.0 Å². The van der Waals surface area contributed by atoms with Gasteiger partial charge in [0.15, 0.2) is 0 Å².